The summed E-state index contributed by atoms with van der Waals surface area (Å²) in [7, 11) is 0. The van der Waals surface area contributed by atoms with E-state index >= 15 is 0 Å². The van der Waals surface area contributed by atoms with Crippen molar-refractivity contribution < 1.29 is 54.1 Å². The second-order valence-electron chi connectivity index (χ2n) is 9.03. The number of ether oxygens (including phenoxy) is 3. The van der Waals surface area contributed by atoms with Crippen molar-refractivity contribution in [3.8, 4) is 0 Å². The van der Waals surface area contributed by atoms with E-state index in [1.165, 1.54) is 38.5 Å². The lowest BCUT2D eigenvalue weighted by atomic mass is 9.99. The number of carbonyl (C=O) groups excluding carboxylic acids is 2. The summed E-state index contributed by atoms with van der Waals surface area (Å²) < 4.78 is 14.8. The molecule has 0 radical (unpaired) electrons. The molecule has 0 aromatic heterocycles. The number of aliphatic hydroxyl groups is 4. The van der Waals surface area contributed by atoms with Crippen LogP contribution in [0.2, 0.25) is 0 Å². The van der Waals surface area contributed by atoms with Crippen molar-refractivity contribution >= 4 is 17.9 Å². The minimum absolute atomic E-state index is 0.0428. The maximum atomic E-state index is 12.3. The summed E-state index contributed by atoms with van der Waals surface area (Å²) in [6, 6.07) is 0. The summed E-state index contributed by atoms with van der Waals surface area (Å²) in [5.74, 6) is -3.25. The molecule has 1 rings (SSSR count). The molecule has 11 nitrogen and oxygen atoms in total. The molecule has 1 unspecified atom stereocenters. The molecule has 1 saturated heterocycles. The lowest BCUT2D eigenvalue weighted by Crippen LogP contribution is -2.58. The van der Waals surface area contributed by atoms with Crippen LogP contribution in [0.1, 0.15) is 90.4 Å². The third kappa shape index (κ3) is 12.6. The molecule has 35 heavy (non-hydrogen) atoms. The van der Waals surface area contributed by atoms with E-state index in [9.17, 15) is 34.8 Å². The van der Waals surface area contributed by atoms with E-state index in [1.807, 2.05) is 0 Å². The van der Waals surface area contributed by atoms with Gasteiger partial charge in [0.15, 0.2) is 6.29 Å². The van der Waals surface area contributed by atoms with Crippen LogP contribution in [-0.4, -0.2) is 86.9 Å². The largest absolute Gasteiger partial charge is 0.481 e. The Bertz CT molecular complexity index is 627. The second-order valence-corrected chi connectivity index (χ2v) is 9.03. The number of aliphatic hydroxyl groups excluding tert-OH is 4. The zero-order valence-electron chi connectivity index (χ0n) is 20.5. The maximum absolute atomic E-state index is 12.3. The third-order valence-corrected chi connectivity index (χ3v) is 5.96. The van der Waals surface area contributed by atoms with Crippen LogP contribution in [0.5, 0.6) is 0 Å². The highest BCUT2D eigenvalue weighted by molar-refractivity contribution is 5.83. The van der Waals surface area contributed by atoms with Crippen molar-refractivity contribution in [2.24, 2.45) is 0 Å². The molecular formula is C24H42O11. The molecule has 0 bridgehead atoms. The highest BCUT2D eigenvalue weighted by Gasteiger charge is 2.43. The van der Waals surface area contributed by atoms with Gasteiger partial charge < -0.3 is 39.7 Å². The van der Waals surface area contributed by atoms with Crippen molar-refractivity contribution in [3.63, 3.8) is 0 Å². The van der Waals surface area contributed by atoms with Crippen LogP contribution >= 0.6 is 0 Å². The van der Waals surface area contributed by atoms with Crippen LogP contribution < -0.4 is 0 Å². The number of esters is 2. The van der Waals surface area contributed by atoms with Gasteiger partial charge in [0.1, 0.15) is 31.0 Å². The Morgan fingerprint density at radius 3 is 1.89 bits per heavy atom. The first-order valence-corrected chi connectivity index (χ1v) is 12.6. The summed E-state index contributed by atoms with van der Waals surface area (Å²) in [5.41, 5.74) is 0. The molecule has 204 valence electrons. The van der Waals surface area contributed by atoms with Gasteiger partial charge in [-0.15, -0.1) is 0 Å². The standard InChI is InChI=1S/C24H42O11/c1-2-3-4-5-6-7-8-9-10-11-12-13-19(27)34-16(14-18(25)26)23(31)33-15-17-20(28)21(29)22(30)24(32)35-17/h16-17,20-22,24,28-30,32H,2-15H2,1H3,(H,25,26)/t16-,17+,20+,21-,22+,24?/m0/s1. The summed E-state index contributed by atoms with van der Waals surface area (Å²) in [6.07, 6.45) is 1.42. The molecule has 1 aliphatic heterocycles. The second kappa shape index (κ2) is 17.6. The van der Waals surface area contributed by atoms with Crippen LogP contribution in [0.3, 0.4) is 0 Å². The fourth-order valence-electron chi connectivity index (χ4n) is 3.81. The average molecular weight is 507 g/mol. The predicted octanol–water partition coefficient (Wildman–Crippen LogP) is 1.42. The number of carbonyl (C=O) groups is 3. The van der Waals surface area contributed by atoms with Crippen molar-refractivity contribution in [1.29, 1.82) is 0 Å². The lowest BCUT2D eigenvalue weighted by Gasteiger charge is -2.37. The zero-order valence-corrected chi connectivity index (χ0v) is 20.5. The SMILES string of the molecule is CCCCCCCCCCCCCC(=O)O[C@@H](CC(=O)O)C(=O)OC[C@H]1OC(O)[C@H](O)[C@@H](O)[C@@H]1O. The first-order chi connectivity index (χ1) is 16.7. The normalized spacial score (nSPS) is 25.1. The number of unbranched alkanes of at least 4 members (excludes halogenated alkanes) is 10. The first-order valence-electron chi connectivity index (χ1n) is 12.6. The fourth-order valence-corrected chi connectivity index (χ4v) is 3.81. The van der Waals surface area contributed by atoms with Gasteiger partial charge >= 0.3 is 17.9 Å². The lowest BCUT2D eigenvalue weighted by molar-refractivity contribution is -0.287. The molecule has 0 saturated carbocycles. The summed E-state index contributed by atoms with van der Waals surface area (Å²) in [5, 5.41) is 47.6. The minimum Gasteiger partial charge on any atom is -0.481 e. The Labute approximate surface area is 206 Å². The van der Waals surface area contributed by atoms with Crippen LogP contribution in [0.15, 0.2) is 0 Å². The molecule has 1 heterocycles. The number of carboxylic acids is 1. The molecule has 5 N–H and O–H groups in total. The molecule has 1 aliphatic rings. The average Bonchev–Trinajstić information content (AvgIpc) is 2.81. The molecule has 6 atom stereocenters. The molecule has 0 spiro atoms. The topological polar surface area (TPSA) is 180 Å². The van der Waals surface area contributed by atoms with E-state index in [0.29, 0.717) is 6.42 Å². The van der Waals surface area contributed by atoms with E-state index in [0.717, 1.165) is 25.7 Å². The van der Waals surface area contributed by atoms with E-state index < -0.39 is 67.7 Å². The van der Waals surface area contributed by atoms with Gasteiger partial charge in [0, 0.05) is 6.42 Å². The van der Waals surface area contributed by atoms with E-state index in [1.54, 1.807) is 0 Å². The van der Waals surface area contributed by atoms with Gasteiger partial charge in [-0.1, -0.05) is 71.1 Å². The summed E-state index contributed by atoms with van der Waals surface area (Å²) in [4.78, 5) is 35.5. The number of carboxylic acid groups (broad SMARTS) is 1. The van der Waals surface area contributed by atoms with Crippen molar-refractivity contribution in [1.82, 2.24) is 0 Å². The maximum Gasteiger partial charge on any atom is 0.348 e. The Balaban J connectivity index is 2.31. The fraction of sp³-hybridized carbons (Fsp3) is 0.875. The Hall–Kier alpha value is -1.79. The smallest absolute Gasteiger partial charge is 0.348 e. The van der Waals surface area contributed by atoms with Crippen LogP contribution in [0, 0.1) is 0 Å². The molecular weight excluding hydrogens is 464 g/mol. The van der Waals surface area contributed by atoms with Crippen molar-refractivity contribution in [2.75, 3.05) is 6.61 Å². The minimum atomic E-state index is -1.81. The number of hydrogen-bond acceptors (Lipinski definition) is 10. The molecule has 11 heteroatoms. The third-order valence-electron chi connectivity index (χ3n) is 5.96. The van der Waals surface area contributed by atoms with Crippen LogP contribution in [-0.2, 0) is 28.6 Å². The number of hydrogen-bond donors (Lipinski definition) is 5. The van der Waals surface area contributed by atoms with Crippen LogP contribution in [0.25, 0.3) is 0 Å². The molecule has 0 aromatic rings. The zero-order chi connectivity index (χ0) is 26.2. The van der Waals surface area contributed by atoms with Crippen molar-refractivity contribution in [3.05, 3.63) is 0 Å². The number of rotatable bonds is 18. The van der Waals surface area contributed by atoms with Gasteiger partial charge in [-0.05, 0) is 6.42 Å². The van der Waals surface area contributed by atoms with E-state index in [4.69, 9.17) is 19.3 Å². The van der Waals surface area contributed by atoms with Gasteiger partial charge in [-0.25, -0.2) is 4.79 Å². The highest BCUT2D eigenvalue weighted by atomic mass is 16.7. The molecule has 0 amide bonds. The van der Waals surface area contributed by atoms with Gasteiger partial charge in [0.2, 0.25) is 6.10 Å². The number of aliphatic carboxylic acids is 1. The highest BCUT2D eigenvalue weighted by Crippen LogP contribution is 2.20. The Morgan fingerprint density at radius 1 is 0.800 bits per heavy atom. The van der Waals surface area contributed by atoms with Gasteiger partial charge in [-0.3, -0.25) is 9.59 Å². The van der Waals surface area contributed by atoms with Gasteiger partial charge in [-0.2, -0.15) is 0 Å². The monoisotopic (exact) mass is 506 g/mol. The summed E-state index contributed by atoms with van der Waals surface area (Å²) in [6.45, 7) is 1.54. The molecule has 1 fully saturated rings. The molecule has 0 aliphatic carbocycles. The van der Waals surface area contributed by atoms with Gasteiger partial charge in [0.25, 0.3) is 0 Å². The van der Waals surface area contributed by atoms with Crippen molar-refractivity contribution in [2.45, 2.75) is 127 Å². The Kier molecular flexibility index (Phi) is 15.7. The van der Waals surface area contributed by atoms with E-state index in [2.05, 4.69) is 6.92 Å². The van der Waals surface area contributed by atoms with E-state index in [-0.39, 0.29) is 6.42 Å². The first kappa shape index (κ1) is 31.2. The predicted molar refractivity (Wildman–Crippen MR) is 123 cm³/mol. The quantitative estimate of drug-likeness (QED) is 0.134. The summed E-state index contributed by atoms with van der Waals surface area (Å²) >= 11 is 0. The van der Waals surface area contributed by atoms with Crippen LogP contribution in [0.4, 0.5) is 0 Å². The van der Waals surface area contributed by atoms with Gasteiger partial charge in [0.05, 0.1) is 6.42 Å². The molecule has 0 aromatic carbocycles. The Morgan fingerprint density at radius 2 is 1.34 bits per heavy atom.